The third kappa shape index (κ3) is 6.16. The van der Waals surface area contributed by atoms with Crippen molar-refractivity contribution < 1.29 is 18.7 Å². The van der Waals surface area contributed by atoms with Crippen molar-refractivity contribution in [1.29, 1.82) is 0 Å². The van der Waals surface area contributed by atoms with E-state index in [0.29, 0.717) is 24.5 Å². The highest BCUT2D eigenvalue weighted by Gasteiger charge is 2.16. The maximum Gasteiger partial charge on any atom is 0.412 e. The van der Waals surface area contributed by atoms with Crippen LogP contribution >= 0.6 is 0 Å². The molecule has 1 aromatic heterocycles. The molecule has 0 bridgehead atoms. The lowest BCUT2D eigenvalue weighted by molar-refractivity contribution is 0.0636. The molecule has 140 valence electrons. The molecule has 0 saturated heterocycles. The van der Waals surface area contributed by atoms with Gasteiger partial charge in [0, 0.05) is 23.5 Å². The van der Waals surface area contributed by atoms with E-state index in [9.17, 15) is 9.59 Å². The fourth-order valence-electron chi connectivity index (χ4n) is 2.19. The summed E-state index contributed by atoms with van der Waals surface area (Å²) in [5, 5.41) is 5.48. The van der Waals surface area contributed by atoms with Crippen LogP contribution in [0.15, 0.2) is 47.3 Å². The molecule has 0 atom stereocenters. The lowest BCUT2D eigenvalue weighted by Gasteiger charge is -2.21. The van der Waals surface area contributed by atoms with Crippen molar-refractivity contribution in [2.24, 2.45) is 0 Å². The minimum atomic E-state index is -0.559. The van der Waals surface area contributed by atoms with Gasteiger partial charge >= 0.3 is 12.1 Å². The van der Waals surface area contributed by atoms with E-state index in [2.05, 4.69) is 10.6 Å². The summed E-state index contributed by atoms with van der Waals surface area (Å²) in [7, 11) is 0. The van der Waals surface area contributed by atoms with Crippen LogP contribution in [0.1, 0.15) is 33.3 Å². The van der Waals surface area contributed by atoms with Crippen LogP contribution in [0.3, 0.4) is 0 Å². The van der Waals surface area contributed by atoms with Crippen molar-refractivity contribution in [3.8, 4) is 0 Å². The minimum absolute atomic E-state index is 0.207. The molecule has 0 aliphatic rings. The molecule has 1 heterocycles. The topological polar surface area (TPSA) is 83.8 Å². The van der Waals surface area contributed by atoms with Crippen molar-refractivity contribution in [3.63, 3.8) is 0 Å². The third-order valence-electron chi connectivity index (χ3n) is 3.40. The van der Waals surface area contributed by atoms with E-state index in [4.69, 9.17) is 9.15 Å². The summed E-state index contributed by atoms with van der Waals surface area (Å²) in [6, 6.07) is 8.46. The van der Waals surface area contributed by atoms with Crippen LogP contribution in [-0.2, 0) is 11.3 Å². The van der Waals surface area contributed by atoms with Gasteiger partial charge in [0.25, 0.3) is 0 Å². The SMILES string of the molecule is CCN(Cc1ccoc1)C(=O)Nc1ccc(NC(=O)OC(C)(C)C)cc1. The molecular formula is C19H25N3O4. The second kappa shape index (κ2) is 8.42. The summed E-state index contributed by atoms with van der Waals surface area (Å²) in [4.78, 5) is 25.8. The molecule has 0 spiro atoms. The van der Waals surface area contributed by atoms with E-state index in [1.54, 1.807) is 62.5 Å². The fourth-order valence-corrected chi connectivity index (χ4v) is 2.19. The fraction of sp³-hybridized carbons (Fsp3) is 0.368. The zero-order valence-electron chi connectivity index (χ0n) is 15.5. The van der Waals surface area contributed by atoms with Gasteiger partial charge in [-0.3, -0.25) is 5.32 Å². The van der Waals surface area contributed by atoms with Crippen molar-refractivity contribution >= 4 is 23.5 Å². The molecule has 1 aromatic carbocycles. The first-order chi connectivity index (χ1) is 12.3. The average molecular weight is 359 g/mol. The van der Waals surface area contributed by atoms with Gasteiger partial charge in [-0.1, -0.05) is 0 Å². The van der Waals surface area contributed by atoms with Crippen LogP contribution < -0.4 is 10.6 Å². The highest BCUT2D eigenvalue weighted by atomic mass is 16.6. The molecule has 26 heavy (non-hydrogen) atoms. The molecule has 0 aliphatic heterocycles. The number of ether oxygens (including phenoxy) is 1. The Morgan fingerprint density at radius 3 is 2.19 bits per heavy atom. The lowest BCUT2D eigenvalue weighted by atomic mass is 10.2. The molecule has 2 aromatic rings. The number of furan rings is 1. The Bertz CT molecular complexity index is 718. The molecule has 7 nitrogen and oxygen atoms in total. The van der Waals surface area contributed by atoms with Crippen LogP contribution in [0, 0.1) is 0 Å². The molecule has 3 amide bonds. The van der Waals surface area contributed by atoms with Crippen molar-refractivity contribution in [2.75, 3.05) is 17.2 Å². The number of nitrogens with one attached hydrogen (secondary N) is 2. The van der Waals surface area contributed by atoms with Crippen molar-refractivity contribution in [2.45, 2.75) is 39.8 Å². The monoisotopic (exact) mass is 359 g/mol. The summed E-state index contributed by atoms with van der Waals surface area (Å²) in [5.41, 5.74) is 1.59. The number of hydrogen-bond donors (Lipinski definition) is 2. The Hall–Kier alpha value is -2.96. The average Bonchev–Trinajstić information content (AvgIpc) is 3.05. The predicted molar refractivity (Wildman–Crippen MR) is 100 cm³/mol. The van der Waals surface area contributed by atoms with Crippen LogP contribution in [0.4, 0.5) is 21.0 Å². The largest absolute Gasteiger partial charge is 0.472 e. The number of carbonyl (C=O) groups excluding carboxylic acids is 2. The van der Waals surface area contributed by atoms with E-state index in [-0.39, 0.29) is 6.03 Å². The molecule has 0 fully saturated rings. The second-order valence-corrected chi connectivity index (χ2v) is 6.78. The van der Waals surface area contributed by atoms with Gasteiger partial charge in [-0.05, 0) is 58.0 Å². The van der Waals surface area contributed by atoms with Gasteiger partial charge in [-0.25, -0.2) is 9.59 Å². The van der Waals surface area contributed by atoms with Gasteiger partial charge in [0.15, 0.2) is 0 Å². The molecule has 0 unspecified atom stereocenters. The normalized spacial score (nSPS) is 10.9. The lowest BCUT2D eigenvalue weighted by Crippen LogP contribution is -2.34. The molecule has 7 heteroatoms. The summed E-state index contributed by atoms with van der Waals surface area (Å²) in [6.45, 7) is 8.34. The van der Waals surface area contributed by atoms with Gasteiger partial charge in [0.1, 0.15) is 5.60 Å². The third-order valence-corrected chi connectivity index (χ3v) is 3.40. The number of urea groups is 1. The standard InChI is InChI=1S/C19H25N3O4/c1-5-22(12-14-10-11-25-13-14)17(23)20-15-6-8-16(9-7-15)21-18(24)26-19(2,3)4/h6-11,13H,5,12H2,1-4H3,(H,20,23)(H,21,24). The van der Waals surface area contributed by atoms with Crippen LogP contribution in [0.5, 0.6) is 0 Å². The zero-order valence-corrected chi connectivity index (χ0v) is 15.5. The summed E-state index contributed by atoms with van der Waals surface area (Å²) >= 11 is 0. The van der Waals surface area contributed by atoms with Gasteiger partial charge in [-0.2, -0.15) is 0 Å². The Balaban J connectivity index is 1.91. The van der Waals surface area contributed by atoms with E-state index in [1.165, 1.54) is 0 Å². The first kappa shape index (κ1) is 19.4. The Labute approximate surface area is 153 Å². The number of benzene rings is 1. The second-order valence-electron chi connectivity index (χ2n) is 6.78. The van der Waals surface area contributed by atoms with Crippen LogP contribution in [-0.4, -0.2) is 29.2 Å². The zero-order chi connectivity index (χ0) is 19.2. The van der Waals surface area contributed by atoms with Gasteiger partial charge in [0.05, 0.1) is 19.1 Å². The summed E-state index contributed by atoms with van der Waals surface area (Å²) in [5.74, 6) is 0. The highest BCUT2D eigenvalue weighted by molar-refractivity contribution is 5.90. The number of amides is 3. The first-order valence-electron chi connectivity index (χ1n) is 8.44. The first-order valence-corrected chi connectivity index (χ1v) is 8.44. The van der Waals surface area contributed by atoms with Gasteiger partial charge < -0.3 is 19.4 Å². The summed E-state index contributed by atoms with van der Waals surface area (Å²) in [6.07, 6.45) is 2.68. The Morgan fingerprint density at radius 1 is 1.08 bits per heavy atom. The minimum Gasteiger partial charge on any atom is -0.472 e. The molecule has 2 N–H and O–H groups in total. The van der Waals surface area contributed by atoms with E-state index < -0.39 is 11.7 Å². The van der Waals surface area contributed by atoms with Crippen LogP contribution in [0.2, 0.25) is 0 Å². The predicted octanol–water partition coefficient (Wildman–Crippen LogP) is 4.68. The number of nitrogens with zero attached hydrogens (tertiary/aromatic N) is 1. The number of rotatable bonds is 5. The highest BCUT2D eigenvalue weighted by Crippen LogP contribution is 2.16. The van der Waals surface area contributed by atoms with E-state index in [1.807, 2.05) is 13.0 Å². The van der Waals surface area contributed by atoms with Crippen molar-refractivity contribution in [3.05, 3.63) is 48.4 Å². The maximum absolute atomic E-state index is 12.4. The van der Waals surface area contributed by atoms with Gasteiger partial charge in [0.2, 0.25) is 0 Å². The number of anilines is 2. The Kier molecular flexibility index (Phi) is 6.27. The molecule has 2 rings (SSSR count). The van der Waals surface area contributed by atoms with Crippen molar-refractivity contribution in [1.82, 2.24) is 4.90 Å². The maximum atomic E-state index is 12.4. The Morgan fingerprint density at radius 2 is 1.69 bits per heavy atom. The molecular weight excluding hydrogens is 334 g/mol. The molecule has 0 saturated carbocycles. The van der Waals surface area contributed by atoms with Crippen LogP contribution in [0.25, 0.3) is 0 Å². The van der Waals surface area contributed by atoms with E-state index in [0.717, 1.165) is 5.56 Å². The number of carbonyl (C=O) groups is 2. The van der Waals surface area contributed by atoms with E-state index >= 15 is 0 Å². The quantitative estimate of drug-likeness (QED) is 0.812. The van der Waals surface area contributed by atoms with Gasteiger partial charge in [-0.15, -0.1) is 0 Å². The summed E-state index contributed by atoms with van der Waals surface area (Å²) < 4.78 is 10.2. The smallest absolute Gasteiger partial charge is 0.412 e. The number of hydrogen-bond acceptors (Lipinski definition) is 4. The molecule has 0 radical (unpaired) electrons. The molecule has 0 aliphatic carbocycles.